The van der Waals surface area contributed by atoms with Gasteiger partial charge in [-0.25, -0.2) is 0 Å². The minimum atomic E-state index is -4.44. The highest BCUT2D eigenvalue weighted by molar-refractivity contribution is 5.91. The number of amides is 1. The van der Waals surface area contributed by atoms with E-state index in [2.05, 4.69) is 15.6 Å². The van der Waals surface area contributed by atoms with Crippen LogP contribution in [0.25, 0.3) is 0 Å². The number of carbonyl (C=O) groups is 1. The first-order valence-electron chi connectivity index (χ1n) is 9.53. The Bertz CT molecular complexity index is 1110. The minimum Gasteiger partial charge on any atom is -0.399 e. The molecule has 0 radical (unpaired) electrons. The summed E-state index contributed by atoms with van der Waals surface area (Å²) in [4.78, 5) is 24.0. The van der Waals surface area contributed by atoms with Crippen LogP contribution in [0, 0.1) is 0 Å². The van der Waals surface area contributed by atoms with Gasteiger partial charge in [0.25, 0.3) is 11.5 Å². The molecule has 0 saturated heterocycles. The molecule has 3 N–H and O–H groups in total. The number of aryl methyl sites for hydroxylation is 2. The number of benzene rings is 1. The highest BCUT2D eigenvalue weighted by atomic mass is 19.4. The van der Waals surface area contributed by atoms with Gasteiger partial charge in [-0.05, 0) is 36.6 Å². The number of nitrogens with two attached hydrogens (primary N) is 1. The van der Waals surface area contributed by atoms with Gasteiger partial charge in [-0.3, -0.25) is 14.3 Å². The molecule has 0 aliphatic carbocycles. The number of rotatable bonds is 8. The Balaban J connectivity index is 1.46. The predicted molar refractivity (Wildman–Crippen MR) is 107 cm³/mol. The summed E-state index contributed by atoms with van der Waals surface area (Å²) >= 11 is 0. The maximum Gasteiger partial charge on any atom is 0.416 e. The zero-order valence-corrected chi connectivity index (χ0v) is 16.5. The fraction of sp³-hybridized carbons (Fsp3) is 0.300. The molecule has 3 aromatic rings. The molecule has 164 valence electrons. The van der Waals surface area contributed by atoms with Crippen LogP contribution in [-0.2, 0) is 25.8 Å². The van der Waals surface area contributed by atoms with E-state index in [1.54, 1.807) is 16.8 Å². The first-order chi connectivity index (χ1) is 14.7. The normalized spacial score (nSPS) is 11.5. The lowest BCUT2D eigenvalue weighted by Gasteiger charge is -2.09. The molecular formula is C20H21F3N6O2. The van der Waals surface area contributed by atoms with E-state index in [1.807, 2.05) is 0 Å². The van der Waals surface area contributed by atoms with Crippen molar-refractivity contribution in [3.05, 3.63) is 76.0 Å². The van der Waals surface area contributed by atoms with E-state index in [-0.39, 0.29) is 17.8 Å². The van der Waals surface area contributed by atoms with E-state index >= 15 is 0 Å². The number of alkyl halides is 3. The molecule has 0 spiro atoms. The van der Waals surface area contributed by atoms with Crippen LogP contribution in [0.1, 0.15) is 34.5 Å². The number of nitrogens with one attached hydrogen (secondary N) is 1. The maximum atomic E-state index is 12.8. The van der Waals surface area contributed by atoms with Crippen molar-refractivity contribution in [2.24, 2.45) is 0 Å². The number of hydrogen-bond donors (Lipinski definition) is 2. The third kappa shape index (κ3) is 6.17. The quantitative estimate of drug-likeness (QED) is 0.530. The lowest BCUT2D eigenvalue weighted by molar-refractivity contribution is -0.137. The van der Waals surface area contributed by atoms with E-state index in [1.165, 1.54) is 29.1 Å². The number of unbranched alkanes of at least 4 members (excludes halogenated alkanes) is 1. The van der Waals surface area contributed by atoms with Crippen molar-refractivity contribution < 1.29 is 18.0 Å². The van der Waals surface area contributed by atoms with Crippen molar-refractivity contribution in [1.29, 1.82) is 0 Å². The second-order valence-corrected chi connectivity index (χ2v) is 6.95. The molecular weight excluding hydrogens is 413 g/mol. The monoisotopic (exact) mass is 434 g/mol. The molecule has 11 heteroatoms. The summed E-state index contributed by atoms with van der Waals surface area (Å²) in [7, 11) is 0. The summed E-state index contributed by atoms with van der Waals surface area (Å²) in [5, 5.41) is 10.2. The van der Waals surface area contributed by atoms with E-state index in [9.17, 15) is 22.8 Å². The SMILES string of the molecule is Nc1ccn(CCCCn2cc(C(=O)NCc3cccc(C(F)(F)F)c3)nn2)c(=O)c1. The zero-order chi connectivity index (χ0) is 22.4. The Morgan fingerprint density at radius 1 is 1.13 bits per heavy atom. The van der Waals surface area contributed by atoms with Gasteiger partial charge in [0.05, 0.1) is 11.8 Å². The van der Waals surface area contributed by atoms with Crippen molar-refractivity contribution in [2.45, 2.75) is 38.7 Å². The van der Waals surface area contributed by atoms with Crippen LogP contribution in [0.2, 0.25) is 0 Å². The smallest absolute Gasteiger partial charge is 0.399 e. The molecule has 3 rings (SSSR count). The van der Waals surface area contributed by atoms with E-state index in [0.717, 1.165) is 12.1 Å². The molecule has 2 heterocycles. The number of anilines is 1. The highest BCUT2D eigenvalue weighted by Crippen LogP contribution is 2.29. The number of hydrogen-bond acceptors (Lipinski definition) is 5. The molecule has 0 bridgehead atoms. The second-order valence-electron chi connectivity index (χ2n) is 6.95. The Morgan fingerprint density at radius 2 is 1.90 bits per heavy atom. The van der Waals surface area contributed by atoms with Gasteiger partial charge in [0.1, 0.15) is 0 Å². The second kappa shape index (κ2) is 9.45. The Hall–Kier alpha value is -3.63. The van der Waals surface area contributed by atoms with Gasteiger partial charge in [0, 0.05) is 37.6 Å². The van der Waals surface area contributed by atoms with E-state index in [4.69, 9.17) is 5.73 Å². The molecule has 0 atom stereocenters. The Morgan fingerprint density at radius 3 is 2.65 bits per heavy atom. The predicted octanol–water partition coefficient (Wildman–Crippen LogP) is 2.45. The van der Waals surface area contributed by atoms with Crippen LogP contribution in [0.3, 0.4) is 0 Å². The van der Waals surface area contributed by atoms with Crippen LogP contribution < -0.4 is 16.6 Å². The van der Waals surface area contributed by atoms with Gasteiger partial charge in [0.2, 0.25) is 0 Å². The fourth-order valence-electron chi connectivity index (χ4n) is 2.91. The van der Waals surface area contributed by atoms with E-state index in [0.29, 0.717) is 37.2 Å². The molecule has 31 heavy (non-hydrogen) atoms. The molecule has 0 aliphatic heterocycles. The molecule has 0 fully saturated rings. The summed E-state index contributed by atoms with van der Waals surface area (Å²) in [6, 6.07) is 7.77. The zero-order valence-electron chi connectivity index (χ0n) is 16.5. The van der Waals surface area contributed by atoms with Gasteiger partial charge >= 0.3 is 6.18 Å². The van der Waals surface area contributed by atoms with Gasteiger partial charge in [0.15, 0.2) is 5.69 Å². The topological polar surface area (TPSA) is 108 Å². The average molecular weight is 434 g/mol. The van der Waals surface area contributed by atoms with Crippen molar-refractivity contribution in [3.63, 3.8) is 0 Å². The third-order valence-corrected chi connectivity index (χ3v) is 4.54. The average Bonchev–Trinajstić information content (AvgIpc) is 3.19. The van der Waals surface area contributed by atoms with Crippen LogP contribution >= 0.6 is 0 Å². The molecule has 8 nitrogen and oxygen atoms in total. The number of nitrogen functional groups attached to an aromatic ring is 1. The van der Waals surface area contributed by atoms with Gasteiger partial charge in [-0.15, -0.1) is 5.10 Å². The van der Waals surface area contributed by atoms with Crippen LogP contribution in [-0.4, -0.2) is 25.5 Å². The fourth-order valence-corrected chi connectivity index (χ4v) is 2.91. The van der Waals surface area contributed by atoms with Crippen LogP contribution in [0.5, 0.6) is 0 Å². The van der Waals surface area contributed by atoms with Crippen molar-refractivity contribution in [3.8, 4) is 0 Å². The number of nitrogens with zero attached hydrogens (tertiary/aromatic N) is 4. The highest BCUT2D eigenvalue weighted by Gasteiger charge is 2.30. The van der Waals surface area contributed by atoms with Gasteiger partial charge in [-0.2, -0.15) is 13.2 Å². The summed E-state index contributed by atoms with van der Waals surface area (Å²) in [5.74, 6) is -0.530. The summed E-state index contributed by atoms with van der Waals surface area (Å²) in [6.07, 6.45) is 0.0768. The van der Waals surface area contributed by atoms with E-state index < -0.39 is 17.6 Å². The van der Waals surface area contributed by atoms with Crippen molar-refractivity contribution >= 4 is 11.6 Å². The Labute approximate surface area is 175 Å². The molecule has 0 aliphatic rings. The number of carbonyl (C=O) groups excluding carboxylic acids is 1. The molecule has 1 aromatic carbocycles. The first kappa shape index (κ1) is 22.1. The lowest BCUT2D eigenvalue weighted by Crippen LogP contribution is -2.23. The number of pyridine rings is 1. The van der Waals surface area contributed by atoms with Gasteiger partial charge < -0.3 is 15.6 Å². The maximum absolute atomic E-state index is 12.8. The Kier molecular flexibility index (Phi) is 6.73. The number of aromatic nitrogens is 4. The minimum absolute atomic E-state index is 0.0635. The van der Waals surface area contributed by atoms with Crippen LogP contribution in [0.4, 0.5) is 18.9 Å². The molecule has 0 saturated carbocycles. The van der Waals surface area contributed by atoms with Crippen molar-refractivity contribution in [1.82, 2.24) is 24.9 Å². The molecule has 2 aromatic heterocycles. The molecule has 0 unspecified atom stereocenters. The van der Waals surface area contributed by atoms with Crippen LogP contribution in [0.15, 0.2) is 53.6 Å². The third-order valence-electron chi connectivity index (χ3n) is 4.54. The number of halogens is 3. The summed E-state index contributed by atoms with van der Waals surface area (Å²) < 4.78 is 41.4. The first-order valence-corrected chi connectivity index (χ1v) is 9.53. The lowest BCUT2D eigenvalue weighted by atomic mass is 10.1. The standard InChI is InChI=1S/C20H21F3N6O2/c21-20(22,23)15-5-3-4-14(10-15)12-25-19(31)17-13-29(27-26-17)8-2-1-7-28-9-6-16(24)11-18(28)30/h3-6,9-11,13H,1-2,7-8,12,24H2,(H,25,31). The largest absolute Gasteiger partial charge is 0.416 e. The van der Waals surface area contributed by atoms with Crippen molar-refractivity contribution in [2.75, 3.05) is 5.73 Å². The molecule has 1 amide bonds. The summed E-state index contributed by atoms with van der Waals surface area (Å²) in [6.45, 7) is 0.960. The summed E-state index contributed by atoms with van der Waals surface area (Å²) in [5.41, 5.74) is 5.43. The van der Waals surface area contributed by atoms with Gasteiger partial charge in [-0.1, -0.05) is 17.3 Å².